The maximum atomic E-state index is 10.8. The molecule has 0 spiro atoms. The van der Waals surface area contributed by atoms with Crippen LogP contribution in [-0.2, 0) is 4.79 Å². The van der Waals surface area contributed by atoms with Gasteiger partial charge in [-0.05, 0) is 31.6 Å². The third-order valence-electron chi connectivity index (χ3n) is 2.44. The van der Waals surface area contributed by atoms with Gasteiger partial charge >= 0.3 is 5.97 Å². The second kappa shape index (κ2) is 4.29. The molecule has 1 unspecified atom stereocenters. The summed E-state index contributed by atoms with van der Waals surface area (Å²) in [6.07, 6.45) is 7.16. The lowest BCUT2D eigenvalue weighted by Crippen LogP contribution is -2.15. The molecule has 2 nitrogen and oxygen atoms in total. The Morgan fingerprint density at radius 2 is 2.50 bits per heavy atom. The van der Waals surface area contributed by atoms with Crippen LogP contribution in [0.4, 0.5) is 0 Å². The molecular weight excluding hydrogens is 152 g/mol. The van der Waals surface area contributed by atoms with E-state index in [0.717, 1.165) is 32.1 Å². The van der Waals surface area contributed by atoms with E-state index in [9.17, 15) is 4.79 Å². The van der Waals surface area contributed by atoms with Crippen molar-refractivity contribution in [3.8, 4) is 0 Å². The zero-order valence-corrected chi connectivity index (χ0v) is 7.55. The van der Waals surface area contributed by atoms with Crippen LogP contribution in [0.1, 0.15) is 39.0 Å². The Morgan fingerprint density at radius 1 is 1.75 bits per heavy atom. The van der Waals surface area contributed by atoms with Crippen molar-refractivity contribution < 1.29 is 9.90 Å². The van der Waals surface area contributed by atoms with E-state index in [-0.39, 0.29) is 0 Å². The molecule has 0 saturated heterocycles. The van der Waals surface area contributed by atoms with E-state index >= 15 is 0 Å². The van der Waals surface area contributed by atoms with Gasteiger partial charge < -0.3 is 5.11 Å². The SMILES string of the molecule is CCCC1CCCC=C1C(=O)O. The summed E-state index contributed by atoms with van der Waals surface area (Å²) in [5, 5.41) is 8.87. The molecule has 12 heavy (non-hydrogen) atoms. The predicted octanol–water partition coefficient (Wildman–Crippen LogP) is 2.60. The van der Waals surface area contributed by atoms with Crippen molar-refractivity contribution in [2.75, 3.05) is 0 Å². The number of hydrogen-bond acceptors (Lipinski definition) is 1. The van der Waals surface area contributed by atoms with Gasteiger partial charge in [-0.1, -0.05) is 19.4 Å². The maximum absolute atomic E-state index is 10.8. The quantitative estimate of drug-likeness (QED) is 0.703. The molecule has 68 valence electrons. The highest BCUT2D eigenvalue weighted by Crippen LogP contribution is 2.28. The highest BCUT2D eigenvalue weighted by Gasteiger charge is 2.21. The molecule has 0 saturated carbocycles. The van der Waals surface area contributed by atoms with Crippen LogP contribution in [0, 0.1) is 5.92 Å². The van der Waals surface area contributed by atoms with E-state index in [1.807, 2.05) is 6.08 Å². The molecule has 0 aromatic rings. The Hall–Kier alpha value is -0.790. The van der Waals surface area contributed by atoms with E-state index in [4.69, 9.17) is 5.11 Å². The summed E-state index contributed by atoms with van der Waals surface area (Å²) >= 11 is 0. The fraction of sp³-hybridized carbons (Fsp3) is 0.700. The molecule has 1 aliphatic carbocycles. The molecule has 1 rings (SSSR count). The van der Waals surface area contributed by atoms with Crippen LogP contribution in [0.15, 0.2) is 11.6 Å². The third kappa shape index (κ3) is 2.10. The van der Waals surface area contributed by atoms with Crippen LogP contribution >= 0.6 is 0 Å². The summed E-state index contributed by atoms with van der Waals surface area (Å²) in [5.41, 5.74) is 0.656. The first-order valence-electron chi connectivity index (χ1n) is 4.69. The van der Waals surface area contributed by atoms with Gasteiger partial charge in [-0.25, -0.2) is 4.79 Å². The number of carboxylic acids is 1. The molecule has 0 heterocycles. The van der Waals surface area contributed by atoms with Crippen molar-refractivity contribution in [3.05, 3.63) is 11.6 Å². The molecule has 0 aromatic carbocycles. The van der Waals surface area contributed by atoms with Gasteiger partial charge in [0.25, 0.3) is 0 Å². The number of rotatable bonds is 3. The van der Waals surface area contributed by atoms with Crippen molar-refractivity contribution in [3.63, 3.8) is 0 Å². The van der Waals surface area contributed by atoms with E-state index in [1.54, 1.807) is 0 Å². The van der Waals surface area contributed by atoms with Crippen molar-refractivity contribution in [2.24, 2.45) is 5.92 Å². The lowest BCUT2D eigenvalue weighted by Gasteiger charge is -2.20. The monoisotopic (exact) mass is 168 g/mol. The molecule has 1 atom stereocenters. The lowest BCUT2D eigenvalue weighted by molar-refractivity contribution is -0.133. The summed E-state index contributed by atoms with van der Waals surface area (Å²) in [4.78, 5) is 10.8. The zero-order valence-electron chi connectivity index (χ0n) is 7.55. The molecule has 0 aliphatic heterocycles. The first-order valence-corrected chi connectivity index (χ1v) is 4.69. The first-order chi connectivity index (χ1) is 5.75. The molecule has 0 radical (unpaired) electrons. The Balaban J connectivity index is 2.64. The number of hydrogen-bond donors (Lipinski definition) is 1. The van der Waals surface area contributed by atoms with Crippen LogP contribution in [0.2, 0.25) is 0 Å². The summed E-state index contributed by atoms with van der Waals surface area (Å²) < 4.78 is 0. The zero-order chi connectivity index (χ0) is 8.97. The van der Waals surface area contributed by atoms with Crippen LogP contribution < -0.4 is 0 Å². The normalized spacial score (nSPS) is 23.4. The van der Waals surface area contributed by atoms with Gasteiger partial charge in [0.1, 0.15) is 0 Å². The molecular formula is C10H16O2. The van der Waals surface area contributed by atoms with E-state index in [2.05, 4.69) is 6.92 Å². The topological polar surface area (TPSA) is 37.3 Å². The molecule has 1 aliphatic rings. The number of allylic oxidation sites excluding steroid dienone is 1. The summed E-state index contributed by atoms with van der Waals surface area (Å²) in [6.45, 7) is 2.11. The molecule has 0 amide bonds. The fourth-order valence-corrected chi connectivity index (χ4v) is 1.85. The van der Waals surface area contributed by atoms with Gasteiger partial charge in [0.2, 0.25) is 0 Å². The summed E-state index contributed by atoms with van der Waals surface area (Å²) in [6, 6.07) is 0. The Bertz CT molecular complexity index is 194. The van der Waals surface area contributed by atoms with Gasteiger partial charge in [0.05, 0.1) is 0 Å². The summed E-state index contributed by atoms with van der Waals surface area (Å²) in [7, 11) is 0. The smallest absolute Gasteiger partial charge is 0.331 e. The minimum atomic E-state index is -0.715. The third-order valence-corrected chi connectivity index (χ3v) is 2.44. The summed E-state index contributed by atoms with van der Waals surface area (Å²) in [5.74, 6) is -0.394. The predicted molar refractivity (Wildman–Crippen MR) is 48.0 cm³/mol. The van der Waals surface area contributed by atoms with Crippen LogP contribution in [0.3, 0.4) is 0 Å². The van der Waals surface area contributed by atoms with Gasteiger partial charge in [-0.2, -0.15) is 0 Å². The van der Waals surface area contributed by atoms with Gasteiger partial charge in [-0.3, -0.25) is 0 Å². The number of aliphatic carboxylic acids is 1. The molecule has 1 N–H and O–H groups in total. The van der Waals surface area contributed by atoms with Gasteiger partial charge in [0.15, 0.2) is 0 Å². The first kappa shape index (κ1) is 9.30. The molecule has 2 heteroatoms. The highest BCUT2D eigenvalue weighted by molar-refractivity contribution is 5.87. The fourth-order valence-electron chi connectivity index (χ4n) is 1.85. The van der Waals surface area contributed by atoms with Gasteiger partial charge in [-0.15, -0.1) is 0 Å². The maximum Gasteiger partial charge on any atom is 0.331 e. The Kier molecular flexibility index (Phi) is 3.32. The number of carbonyl (C=O) groups is 1. The van der Waals surface area contributed by atoms with E-state index < -0.39 is 5.97 Å². The average molecular weight is 168 g/mol. The second-order valence-electron chi connectivity index (χ2n) is 3.38. The van der Waals surface area contributed by atoms with Crippen molar-refractivity contribution in [2.45, 2.75) is 39.0 Å². The number of carboxylic acid groups (broad SMARTS) is 1. The van der Waals surface area contributed by atoms with E-state index in [1.165, 1.54) is 0 Å². The van der Waals surface area contributed by atoms with Crippen molar-refractivity contribution in [1.29, 1.82) is 0 Å². The standard InChI is InChI=1S/C10H16O2/c1-2-5-8-6-3-4-7-9(8)10(11)12/h7-8H,2-6H2,1H3,(H,11,12). The minimum Gasteiger partial charge on any atom is -0.478 e. The average Bonchev–Trinajstić information content (AvgIpc) is 2.05. The molecule has 0 bridgehead atoms. The molecule has 0 aromatic heterocycles. The van der Waals surface area contributed by atoms with Crippen LogP contribution in [-0.4, -0.2) is 11.1 Å². The Labute approximate surface area is 73.3 Å². The van der Waals surface area contributed by atoms with Gasteiger partial charge in [0, 0.05) is 5.57 Å². The second-order valence-corrected chi connectivity index (χ2v) is 3.38. The van der Waals surface area contributed by atoms with Crippen molar-refractivity contribution in [1.82, 2.24) is 0 Å². The minimum absolute atomic E-state index is 0.321. The lowest BCUT2D eigenvalue weighted by atomic mass is 9.85. The van der Waals surface area contributed by atoms with Crippen molar-refractivity contribution >= 4 is 5.97 Å². The largest absolute Gasteiger partial charge is 0.478 e. The Morgan fingerprint density at radius 3 is 3.08 bits per heavy atom. The molecule has 0 fully saturated rings. The highest BCUT2D eigenvalue weighted by atomic mass is 16.4. The van der Waals surface area contributed by atoms with Crippen LogP contribution in [0.5, 0.6) is 0 Å². The van der Waals surface area contributed by atoms with E-state index in [0.29, 0.717) is 11.5 Å². The van der Waals surface area contributed by atoms with Crippen LogP contribution in [0.25, 0.3) is 0 Å².